The summed E-state index contributed by atoms with van der Waals surface area (Å²) in [7, 11) is 1.74. The second-order valence-corrected chi connectivity index (χ2v) is 9.86. The van der Waals surface area contributed by atoms with Crippen LogP contribution in [0.3, 0.4) is 0 Å². The summed E-state index contributed by atoms with van der Waals surface area (Å²) in [5, 5.41) is 12.0. The minimum absolute atomic E-state index is 0.0701. The zero-order valence-corrected chi connectivity index (χ0v) is 20.5. The van der Waals surface area contributed by atoms with Gasteiger partial charge < -0.3 is 4.42 Å². The molecule has 0 aliphatic carbocycles. The number of nitrogens with zero attached hydrogens (tertiary/aromatic N) is 4. The molecule has 0 bridgehead atoms. The average Bonchev–Trinajstić information content (AvgIpc) is 3.45. The first-order chi connectivity index (χ1) is 15.9. The molecule has 0 atom stereocenters. The van der Waals surface area contributed by atoms with Crippen LogP contribution in [-0.2, 0) is 12.8 Å². The van der Waals surface area contributed by atoms with Gasteiger partial charge in [0.1, 0.15) is 4.83 Å². The molecular formula is C24H19ClN4O2S2. The van der Waals surface area contributed by atoms with E-state index in [1.54, 1.807) is 17.7 Å². The van der Waals surface area contributed by atoms with E-state index in [0.29, 0.717) is 38.7 Å². The smallest absolute Gasteiger partial charge is 0.263 e. The van der Waals surface area contributed by atoms with Gasteiger partial charge in [-0.1, -0.05) is 53.7 Å². The SMILES string of the molecule is Cc1ccc(-c2csc3nc(SCc4nnc(-c5ccccc5Cl)o4)n(C)c(=O)c23)cc1C. The molecule has 33 heavy (non-hydrogen) atoms. The first-order valence-corrected chi connectivity index (χ1v) is 12.4. The van der Waals surface area contributed by atoms with E-state index in [9.17, 15) is 4.79 Å². The lowest BCUT2D eigenvalue weighted by molar-refractivity contribution is 0.528. The van der Waals surface area contributed by atoms with E-state index in [-0.39, 0.29) is 5.56 Å². The zero-order valence-electron chi connectivity index (χ0n) is 18.1. The van der Waals surface area contributed by atoms with Crippen LogP contribution in [0.2, 0.25) is 5.02 Å². The summed E-state index contributed by atoms with van der Waals surface area (Å²) in [6.07, 6.45) is 0. The average molecular weight is 495 g/mol. The van der Waals surface area contributed by atoms with Crippen LogP contribution in [-0.4, -0.2) is 19.7 Å². The molecule has 0 radical (unpaired) electrons. The van der Waals surface area contributed by atoms with Gasteiger partial charge in [0.05, 0.1) is 21.7 Å². The van der Waals surface area contributed by atoms with Gasteiger partial charge in [0.2, 0.25) is 11.8 Å². The van der Waals surface area contributed by atoms with Crippen molar-refractivity contribution in [3.05, 3.63) is 80.2 Å². The molecule has 166 valence electrons. The topological polar surface area (TPSA) is 73.8 Å². The molecule has 2 aromatic carbocycles. The van der Waals surface area contributed by atoms with E-state index in [4.69, 9.17) is 21.0 Å². The summed E-state index contributed by atoms with van der Waals surface area (Å²) >= 11 is 9.07. The highest BCUT2D eigenvalue weighted by atomic mass is 35.5. The summed E-state index contributed by atoms with van der Waals surface area (Å²) in [6.45, 7) is 4.16. The molecule has 9 heteroatoms. The highest BCUT2D eigenvalue weighted by molar-refractivity contribution is 7.98. The maximum atomic E-state index is 13.2. The van der Waals surface area contributed by atoms with E-state index in [0.717, 1.165) is 16.0 Å². The minimum Gasteiger partial charge on any atom is -0.420 e. The Hall–Kier alpha value is -2.94. The van der Waals surface area contributed by atoms with Gasteiger partial charge in [-0.15, -0.1) is 21.5 Å². The first kappa shape index (κ1) is 21.9. The first-order valence-electron chi connectivity index (χ1n) is 10.2. The van der Waals surface area contributed by atoms with Crippen molar-refractivity contribution in [2.75, 3.05) is 0 Å². The van der Waals surface area contributed by atoms with Gasteiger partial charge >= 0.3 is 0 Å². The number of aromatic nitrogens is 4. The van der Waals surface area contributed by atoms with E-state index in [2.05, 4.69) is 42.2 Å². The molecule has 3 aromatic heterocycles. The van der Waals surface area contributed by atoms with Crippen LogP contribution in [0.5, 0.6) is 0 Å². The fraction of sp³-hybridized carbons (Fsp3) is 0.167. The third kappa shape index (κ3) is 4.10. The van der Waals surface area contributed by atoms with Crippen molar-refractivity contribution in [2.24, 2.45) is 7.05 Å². The summed E-state index contributed by atoms with van der Waals surface area (Å²) in [6, 6.07) is 13.6. The van der Waals surface area contributed by atoms with Crippen molar-refractivity contribution < 1.29 is 4.42 Å². The van der Waals surface area contributed by atoms with Crippen molar-refractivity contribution in [1.82, 2.24) is 19.7 Å². The number of rotatable bonds is 5. The van der Waals surface area contributed by atoms with Gasteiger partial charge in [-0.25, -0.2) is 4.98 Å². The van der Waals surface area contributed by atoms with Crippen LogP contribution in [0.1, 0.15) is 17.0 Å². The Balaban J connectivity index is 1.43. The molecular weight excluding hydrogens is 476 g/mol. The Morgan fingerprint density at radius 3 is 2.70 bits per heavy atom. The summed E-state index contributed by atoms with van der Waals surface area (Å²) in [5.41, 5.74) is 4.98. The van der Waals surface area contributed by atoms with Crippen LogP contribution in [0.15, 0.2) is 62.2 Å². The molecule has 5 rings (SSSR count). The van der Waals surface area contributed by atoms with Crippen LogP contribution >= 0.6 is 34.7 Å². The highest BCUT2D eigenvalue weighted by Gasteiger charge is 2.17. The second kappa shape index (κ2) is 8.78. The number of hydrogen-bond acceptors (Lipinski definition) is 7. The number of hydrogen-bond donors (Lipinski definition) is 0. The Labute approximate surface area is 203 Å². The molecule has 0 saturated heterocycles. The Morgan fingerprint density at radius 1 is 1.09 bits per heavy atom. The van der Waals surface area contributed by atoms with Gasteiger partial charge in [-0.05, 0) is 42.7 Å². The molecule has 0 unspecified atom stereocenters. The second-order valence-electron chi connectivity index (χ2n) is 7.66. The Kier molecular flexibility index (Phi) is 5.82. The molecule has 5 aromatic rings. The van der Waals surface area contributed by atoms with Gasteiger partial charge in [0, 0.05) is 18.0 Å². The number of fused-ring (bicyclic) bond motifs is 1. The summed E-state index contributed by atoms with van der Waals surface area (Å²) in [5.74, 6) is 1.19. The minimum atomic E-state index is -0.0701. The van der Waals surface area contributed by atoms with Crippen molar-refractivity contribution in [2.45, 2.75) is 24.8 Å². The van der Waals surface area contributed by atoms with Crippen LogP contribution < -0.4 is 5.56 Å². The predicted octanol–water partition coefficient (Wildman–Crippen LogP) is 6.27. The molecule has 6 nitrogen and oxygen atoms in total. The van der Waals surface area contributed by atoms with Crippen LogP contribution in [0, 0.1) is 13.8 Å². The van der Waals surface area contributed by atoms with Crippen molar-refractivity contribution >= 4 is 44.9 Å². The lowest BCUT2D eigenvalue weighted by atomic mass is 10.0. The van der Waals surface area contributed by atoms with Gasteiger partial charge in [-0.3, -0.25) is 9.36 Å². The normalized spacial score (nSPS) is 11.4. The standard InChI is InChI=1S/C24H19ClN4O2S2/c1-13-8-9-15(10-14(13)2)17-11-32-22-20(17)23(30)29(3)24(26-22)33-12-19-27-28-21(31-19)16-6-4-5-7-18(16)25/h4-11H,12H2,1-3H3. The van der Waals surface area contributed by atoms with Gasteiger partial charge in [-0.2, -0.15) is 0 Å². The zero-order chi connectivity index (χ0) is 23.1. The van der Waals surface area contributed by atoms with Crippen LogP contribution in [0.4, 0.5) is 0 Å². The monoisotopic (exact) mass is 494 g/mol. The third-order valence-electron chi connectivity index (χ3n) is 5.49. The van der Waals surface area contributed by atoms with Crippen LogP contribution in [0.25, 0.3) is 32.8 Å². The Bertz CT molecular complexity index is 1550. The third-order valence-corrected chi connectivity index (χ3v) is 7.70. The molecule has 0 N–H and O–H groups in total. The molecule has 0 spiro atoms. The molecule has 0 fully saturated rings. The molecule has 0 amide bonds. The molecule has 0 aliphatic rings. The van der Waals surface area contributed by atoms with Crippen molar-refractivity contribution in [3.63, 3.8) is 0 Å². The fourth-order valence-corrected chi connectivity index (χ4v) is 5.50. The highest BCUT2D eigenvalue weighted by Crippen LogP contribution is 2.33. The van der Waals surface area contributed by atoms with Crippen molar-refractivity contribution in [1.29, 1.82) is 0 Å². The Morgan fingerprint density at radius 2 is 1.91 bits per heavy atom. The summed E-state index contributed by atoms with van der Waals surface area (Å²) in [4.78, 5) is 18.7. The van der Waals surface area contributed by atoms with Crippen molar-refractivity contribution in [3.8, 4) is 22.6 Å². The molecule has 0 aliphatic heterocycles. The van der Waals surface area contributed by atoms with Gasteiger partial charge in [0.25, 0.3) is 5.56 Å². The van der Waals surface area contributed by atoms with Gasteiger partial charge in [0.15, 0.2) is 5.16 Å². The van der Waals surface area contributed by atoms with E-state index >= 15 is 0 Å². The number of benzene rings is 2. The number of thioether (sulfide) groups is 1. The lowest BCUT2D eigenvalue weighted by Crippen LogP contribution is -2.19. The fourth-order valence-electron chi connectivity index (χ4n) is 3.49. The number of halogens is 1. The largest absolute Gasteiger partial charge is 0.420 e. The quantitative estimate of drug-likeness (QED) is 0.211. The van der Waals surface area contributed by atoms with E-state index in [1.165, 1.54) is 34.2 Å². The summed E-state index contributed by atoms with van der Waals surface area (Å²) < 4.78 is 7.35. The van der Waals surface area contributed by atoms with E-state index < -0.39 is 0 Å². The number of thiophene rings is 1. The maximum absolute atomic E-state index is 13.2. The lowest BCUT2D eigenvalue weighted by Gasteiger charge is -2.08. The molecule has 0 saturated carbocycles. The predicted molar refractivity (Wildman–Crippen MR) is 134 cm³/mol. The maximum Gasteiger partial charge on any atom is 0.263 e. The van der Waals surface area contributed by atoms with E-state index in [1.807, 2.05) is 23.6 Å². The molecule has 3 heterocycles. The number of aryl methyl sites for hydroxylation is 2.